The summed E-state index contributed by atoms with van der Waals surface area (Å²) in [5.41, 5.74) is -0.00231. The van der Waals surface area contributed by atoms with Gasteiger partial charge in [0, 0.05) is 6.07 Å². The third-order valence-corrected chi connectivity index (χ3v) is 0.992. The van der Waals surface area contributed by atoms with Crippen LogP contribution in [-0.4, -0.2) is 0 Å². The second-order valence-corrected chi connectivity index (χ2v) is 1.77. The van der Waals surface area contributed by atoms with E-state index in [4.69, 9.17) is 5.26 Å². The summed E-state index contributed by atoms with van der Waals surface area (Å²) >= 11 is 0. The molecule has 0 unspecified atom stereocenters. The van der Waals surface area contributed by atoms with Crippen LogP contribution < -0.4 is 0 Å². The summed E-state index contributed by atoms with van der Waals surface area (Å²) in [5, 5.41) is 8.20. The van der Waals surface area contributed by atoms with E-state index in [2.05, 4.69) is 0 Å². The number of benzene rings is 1. The first-order valence-corrected chi connectivity index (χ1v) is 2.58. The predicted molar refractivity (Wildman–Crippen MR) is 31.1 cm³/mol. The van der Waals surface area contributed by atoms with E-state index in [1.54, 1.807) is 6.07 Å². The molecule has 0 heterocycles. The van der Waals surface area contributed by atoms with Crippen LogP contribution >= 0.6 is 0 Å². The Morgan fingerprint density at radius 2 is 1.60 bits per heavy atom. The molecule has 0 atom stereocenters. The van der Waals surface area contributed by atoms with Crippen molar-refractivity contribution in [1.82, 2.24) is 0 Å². The summed E-state index contributed by atoms with van der Waals surface area (Å²) in [6, 6.07) is 4.30. The molecule has 0 fully saturated rings. The lowest BCUT2D eigenvalue weighted by Crippen LogP contribution is -1.81. The number of nitrogens with zero attached hydrogens (tertiary/aromatic N) is 1. The van der Waals surface area contributed by atoms with Gasteiger partial charge in [-0.15, -0.1) is 0 Å². The molecule has 1 nitrogen and oxygen atoms in total. The van der Waals surface area contributed by atoms with Gasteiger partial charge < -0.3 is 0 Å². The van der Waals surface area contributed by atoms with Crippen LogP contribution in [0.5, 0.6) is 0 Å². The SMILES string of the molecule is [15N]#Cc1cc(F)cc(F)c1. The van der Waals surface area contributed by atoms with Crippen molar-refractivity contribution in [2.75, 3.05) is 0 Å². The van der Waals surface area contributed by atoms with Gasteiger partial charge >= 0.3 is 0 Å². The zero-order chi connectivity index (χ0) is 7.56. The Bertz CT molecular complexity index is 268. The van der Waals surface area contributed by atoms with Gasteiger partial charge in [0.25, 0.3) is 0 Å². The molecule has 1 aromatic rings. The third kappa shape index (κ3) is 1.29. The molecule has 3 heteroatoms. The monoisotopic (exact) mass is 140 g/mol. The Morgan fingerprint density at radius 3 is 2.00 bits per heavy atom. The van der Waals surface area contributed by atoms with E-state index in [0.717, 1.165) is 18.2 Å². The molecule has 10 heavy (non-hydrogen) atoms. The standard InChI is InChI=1S/C7H3F2N/c8-6-1-5(4-10)2-7(9)3-6/h1-3H/i10+1. The topological polar surface area (TPSA) is 23.8 Å². The first-order valence-electron chi connectivity index (χ1n) is 2.58. The van der Waals surface area contributed by atoms with Crippen LogP contribution in [-0.2, 0) is 0 Å². The van der Waals surface area contributed by atoms with Gasteiger partial charge in [-0.25, -0.2) is 8.78 Å². The van der Waals surface area contributed by atoms with Gasteiger partial charge in [-0.05, 0) is 12.1 Å². The summed E-state index contributed by atoms with van der Waals surface area (Å²) in [7, 11) is 0. The maximum absolute atomic E-state index is 12.2. The summed E-state index contributed by atoms with van der Waals surface area (Å²) in [6.07, 6.45) is 0. The zero-order valence-corrected chi connectivity index (χ0v) is 4.94. The minimum absolute atomic E-state index is 0.00231. The lowest BCUT2D eigenvalue weighted by atomic mass is 10.2. The highest BCUT2D eigenvalue weighted by Gasteiger charge is 1.97. The molecule has 0 aromatic heterocycles. The minimum Gasteiger partial charge on any atom is -0.207 e. The zero-order valence-electron chi connectivity index (χ0n) is 4.94. The molecule has 0 saturated carbocycles. The fraction of sp³-hybridized carbons (Fsp3) is 0. The van der Waals surface area contributed by atoms with Crippen molar-refractivity contribution in [2.24, 2.45) is 0 Å². The number of halogens is 2. The average molecular weight is 140 g/mol. The molecule has 0 bridgehead atoms. The Hall–Kier alpha value is -1.43. The normalized spacial score (nSPS) is 8.90. The quantitative estimate of drug-likeness (QED) is 0.504. The minimum atomic E-state index is -0.725. The molecule has 0 aliphatic heterocycles. The van der Waals surface area contributed by atoms with Crippen LogP contribution in [0.25, 0.3) is 0 Å². The number of nitriles is 1. The summed E-state index contributed by atoms with van der Waals surface area (Å²) in [4.78, 5) is 0. The molecule has 0 saturated heterocycles. The predicted octanol–water partition coefficient (Wildman–Crippen LogP) is 1.84. The highest BCUT2D eigenvalue weighted by atomic mass is 19.1. The van der Waals surface area contributed by atoms with Crippen molar-refractivity contribution in [1.29, 1.82) is 5.26 Å². The highest BCUT2D eigenvalue weighted by Crippen LogP contribution is 2.05. The fourth-order valence-electron chi connectivity index (χ4n) is 0.618. The van der Waals surface area contributed by atoms with Gasteiger partial charge in [-0.2, -0.15) is 5.26 Å². The van der Waals surface area contributed by atoms with Gasteiger partial charge in [0.05, 0.1) is 11.6 Å². The molecular weight excluding hydrogens is 137 g/mol. The summed E-state index contributed by atoms with van der Waals surface area (Å²) < 4.78 is 24.4. The summed E-state index contributed by atoms with van der Waals surface area (Å²) in [6.45, 7) is 0. The van der Waals surface area contributed by atoms with E-state index in [-0.39, 0.29) is 5.56 Å². The lowest BCUT2D eigenvalue weighted by molar-refractivity contribution is 0.582. The molecule has 1 aromatic carbocycles. The first-order chi connectivity index (χ1) is 4.72. The molecule has 0 aliphatic carbocycles. The van der Waals surface area contributed by atoms with E-state index in [9.17, 15) is 8.78 Å². The molecule has 0 N–H and O–H groups in total. The average Bonchev–Trinajstić information content (AvgIpc) is 1.85. The Labute approximate surface area is 56.5 Å². The molecule has 1 rings (SSSR count). The van der Waals surface area contributed by atoms with E-state index < -0.39 is 11.6 Å². The van der Waals surface area contributed by atoms with E-state index in [0.29, 0.717) is 0 Å². The Morgan fingerprint density at radius 1 is 1.10 bits per heavy atom. The van der Waals surface area contributed by atoms with Crippen LogP contribution in [0, 0.1) is 23.0 Å². The van der Waals surface area contributed by atoms with Crippen molar-refractivity contribution in [3.05, 3.63) is 35.4 Å². The van der Waals surface area contributed by atoms with Gasteiger partial charge in [-0.1, -0.05) is 0 Å². The second kappa shape index (κ2) is 2.44. The summed E-state index contributed by atoms with van der Waals surface area (Å²) in [5.74, 6) is -1.45. The van der Waals surface area contributed by atoms with Crippen molar-refractivity contribution < 1.29 is 8.78 Å². The van der Waals surface area contributed by atoms with E-state index in [1.807, 2.05) is 0 Å². The fourth-order valence-corrected chi connectivity index (χ4v) is 0.618. The molecule has 0 spiro atoms. The van der Waals surface area contributed by atoms with Crippen molar-refractivity contribution in [2.45, 2.75) is 0 Å². The number of hydrogen-bond acceptors (Lipinski definition) is 1. The maximum atomic E-state index is 12.2. The van der Waals surface area contributed by atoms with Gasteiger partial charge in [0.1, 0.15) is 11.6 Å². The first kappa shape index (κ1) is 6.69. The van der Waals surface area contributed by atoms with Gasteiger partial charge in [-0.3, -0.25) is 0 Å². The molecule has 0 aliphatic rings. The Balaban J connectivity index is 3.22. The van der Waals surface area contributed by atoms with Gasteiger partial charge in [0.2, 0.25) is 0 Å². The molecule has 50 valence electrons. The Kier molecular flexibility index (Phi) is 1.63. The maximum Gasteiger partial charge on any atom is 0.127 e. The number of hydrogen-bond donors (Lipinski definition) is 0. The highest BCUT2D eigenvalue weighted by molar-refractivity contribution is 5.29. The lowest BCUT2D eigenvalue weighted by Gasteiger charge is -1.89. The van der Waals surface area contributed by atoms with Crippen LogP contribution in [0.2, 0.25) is 0 Å². The van der Waals surface area contributed by atoms with E-state index >= 15 is 0 Å². The van der Waals surface area contributed by atoms with Crippen molar-refractivity contribution in [3.8, 4) is 6.07 Å². The van der Waals surface area contributed by atoms with Crippen LogP contribution in [0.15, 0.2) is 18.2 Å². The van der Waals surface area contributed by atoms with Gasteiger partial charge in [0.15, 0.2) is 0 Å². The largest absolute Gasteiger partial charge is 0.207 e. The number of rotatable bonds is 0. The molecular formula is C7H3F2N. The van der Waals surface area contributed by atoms with Crippen LogP contribution in [0.3, 0.4) is 0 Å². The third-order valence-electron chi connectivity index (χ3n) is 0.992. The van der Waals surface area contributed by atoms with Crippen molar-refractivity contribution >= 4 is 0 Å². The molecule has 0 amide bonds. The molecule has 0 radical (unpaired) electrons. The van der Waals surface area contributed by atoms with E-state index in [1.165, 1.54) is 0 Å². The van der Waals surface area contributed by atoms with Crippen molar-refractivity contribution in [3.63, 3.8) is 0 Å². The van der Waals surface area contributed by atoms with Crippen LogP contribution in [0.4, 0.5) is 8.78 Å². The second-order valence-electron chi connectivity index (χ2n) is 1.77. The smallest absolute Gasteiger partial charge is 0.127 e. The van der Waals surface area contributed by atoms with Crippen LogP contribution in [0.1, 0.15) is 5.56 Å².